The molecule has 1 aromatic rings. The lowest BCUT2D eigenvalue weighted by molar-refractivity contribution is -0.130. The second kappa shape index (κ2) is 6.33. The number of furan rings is 1. The minimum atomic E-state index is 0.154. The minimum Gasteiger partial charge on any atom is -0.472 e. The molecule has 0 fully saturated rings. The van der Waals surface area contributed by atoms with Gasteiger partial charge in [-0.25, -0.2) is 0 Å². The van der Waals surface area contributed by atoms with E-state index >= 15 is 0 Å². The molecule has 1 rings (SSSR count). The molecule has 1 aromatic heterocycles. The number of nitrogens with two attached hydrogens (primary N) is 1. The van der Waals surface area contributed by atoms with Crippen molar-refractivity contribution in [2.24, 2.45) is 5.73 Å². The van der Waals surface area contributed by atoms with Crippen LogP contribution in [0.5, 0.6) is 0 Å². The molecule has 0 aromatic carbocycles. The van der Waals surface area contributed by atoms with Crippen molar-refractivity contribution < 1.29 is 9.21 Å². The van der Waals surface area contributed by atoms with Gasteiger partial charge in [0, 0.05) is 31.6 Å². The lowest BCUT2D eigenvalue weighted by atomic mass is 10.1. The van der Waals surface area contributed by atoms with E-state index in [4.69, 9.17) is 10.2 Å². The van der Waals surface area contributed by atoms with Crippen LogP contribution in [0.2, 0.25) is 0 Å². The maximum Gasteiger partial charge on any atom is 0.222 e. The van der Waals surface area contributed by atoms with Crippen molar-refractivity contribution in [1.82, 2.24) is 4.90 Å². The molecule has 4 heteroatoms. The van der Waals surface area contributed by atoms with Crippen molar-refractivity contribution in [2.45, 2.75) is 38.8 Å². The normalized spacial score (nSPS) is 12.4. The Morgan fingerprint density at radius 1 is 1.62 bits per heavy atom. The minimum absolute atomic E-state index is 0.154. The Morgan fingerprint density at radius 3 is 2.94 bits per heavy atom. The number of carbonyl (C=O) groups is 1. The first-order valence-corrected chi connectivity index (χ1v) is 5.60. The molecule has 2 N–H and O–H groups in total. The van der Waals surface area contributed by atoms with E-state index in [2.05, 4.69) is 0 Å². The van der Waals surface area contributed by atoms with Crippen LogP contribution in [-0.2, 0) is 11.3 Å². The molecule has 0 saturated carbocycles. The fourth-order valence-corrected chi connectivity index (χ4v) is 1.51. The number of hydrogen-bond acceptors (Lipinski definition) is 3. The average Bonchev–Trinajstić information content (AvgIpc) is 2.69. The topological polar surface area (TPSA) is 59.5 Å². The molecule has 0 radical (unpaired) electrons. The highest BCUT2D eigenvalue weighted by Crippen LogP contribution is 2.07. The molecule has 0 aliphatic carbocycles. The van der Waals surface area contributed by atoms with Gasteiger partial charge in [0.25, 0.3) is 0 Å². The van der Waals surface area contributed by atoms with Crippen molar-refractivity contribution in [3.8, 4) is 0 Å². The predicted molar refractivity (Wildman–Crippen MR) is 62.7 cm³/mol. The Balaban J connectivity index is 2.25. The van der Waals surface area contributed by atoms with E-state index in [9.17, 15) is 4.79 Å². The zero-order chi connectivity index (χ0) is 12.0. The van der Waals surface area contributed by atoms with Crippen molar-refractivity contribution in [1.29, 1.82) is 0 Å². The molecule has 1 atom stereocenters. The van der Waals surface area contributed by atoms with Crippen LogP contribution in [0.1, 0.15) is 31.7 Å². The van der Waals surface area contributed by atoms with E-state index in [-0.39, 0.29) is 11.9 Å². The third-order valence-electron chi connectivity index (χ3n) is 2.48. The monoisotopic (exact) mass is 224 g/mol. The van der Waals surface area contributed by atoms with Crippen molar-refractivity contribution in [3.05, 3.63) is 24.2 Å². The molecule has 90 valence electrons. The number of carbonyl (C=O) groups excluding carboxylic acids is 1. The summed E-state index contributed by atoms with van der Waals surface area (Å²) in [5, 5.41) is 0. The van der Waals surface area contributed by atoms with Gasteiger partial charge in [-0.05, 0) is 25.8 Å². The molecule has 1 amide bonds. The molecule has 0 saturated heterocycles. The van der Waals surface area contributed by atoms with Gasteiger partial charge in [0.1, 0.15) is 0 Å². The van der Waals surface area contributed by atoms with E-state index in [0.717, 1.165) is 18.4 Å². The first kappa shape index (κ1) is 12.8. The van der Waals surface area contributed by atoms with Crippen molar-refractivity contribution in [2.75, 3.05) is 7.05 Å². The second-order valence-electron chi connectivity index (χ2n) is 4.25. The van der Waals surface area contributed by atoms with Gasteiger partial charge in [-0.15, -0.1) is 0 Å². The fourth-order valence-electron chi connectivity index (χ4n) is 1.51. The third kappa shape index (κ3) is 4.49. The molecule has 0 aliphatic heterocycles. The van der Waals surface area contributed by atoms with E-state index < -0.39 is 0 Å². The van der Waals surface area contributed by atoms with Crippen molar-refractivity contribution >= 4 is 5.91 Å². The van der Waals surface area contributed by atoms with E-state index in [1.807, 2.05) is 13.0 Å². The smallest absolute Gasteiger partial charge is 0.222 e. The fraction of sp³-hybridized carbons (Fsp3) is 0.583. The highest BCUT2D eigenvalue weighted by Gasteiger charge is 2.09. The summed E-state index contributed by atoms with van der Waals surface area (Å²) in [6.07, 6.45) is 5.59. The molecule has 0 bridgehead atoms. The summed E-state index contributed by atoms with van der Waals surface area (Å²) in [6, 6.07) is 2.04. The van der Waals surface area contributed by atoms with Crippen LogP contribution in [-0.4, -0.2) is 23.9 Å². The molecule has 1 unspecified atom stereocenters. The zero-order valence-electron chi connectivity index (χ0n) is 9.98. The van der Waals surface area contributed by atoms with Gasteiger partial charge in [0.2, 0.25) is 5.91 Å². The largest absolute Gasteiger partial charge is 0.472 e. The summed E-state index contributed by atoms with van der Waals surface area (Å²) in [5.41, 5.74) is 6.64. The van der Waals surface area contributed by atoms with Crippen LogP contribution in [0, 0.1) is 0 Å². The lowest BCUT2D eigenvalue weighted by Gasteiger charge is -2.16. The average molecular weight is 224 g/mol. The number of nitrogens with zero attached hydrogens (tertiary/aromatic N) is 1. The van der Waals surface area contributed by atoms with Gasteiger partial charge in [-0.1, -0.05) is 0 Å². The van der Waals surface area contributed by atoms with Gasteiger partial charge < -0.3 is 15.1 Å². The van der Waals surface area contributed by atoms with Crippen LogP contribution in [0.15, 0.2) is 23.0 Å². The highest BCUT2D eigenvalue weighted by molar-refractivity contribution is 5.75. The molecule has 0 spiro atoms. The first-order chi connectivity index (χ1) is 7.59. The summed E-state index contributed by atoms with van der Waals surface area (Å²) >= 11 is 0. The number of rotatable bonds is 6. The van der Waals surface area contributed by atoms with Crippen molar-refractivity contribution in [3.63, 3.8) is 0 Å². The molecule has 4 nitrogen and oxygen atoms in total. The zero-order valence-corrected chi connectivity index (χ0v) is 9.98. The predicted octanol–water partition coefficient (Wildman–Crippen LogP) is 1.76. The highest BCUT2D eigenvalue weighted by atomic mass is 16.3. The quantitative estimate of drug-likeness (QED) is 0.801. The Morgan fingerprint density at radius 2 is 2.38 bits per heavy atom. The molecular formula is C12H20N2O2. The summed E-state index contributed by atoms with van der Waals surface area (Å²) < 4.78 is 4.95. The maximum absolute atomic E-state index is 11.7. The standard InChI is InChI=1S/C12H20N2O2/c1-10(13)4-3-5-12(15)14(2)8-11-6-7-16-9-11/h6-7,9-10H,3-5,8,13H2,1-2H3. The molecule has 16 heavy (non-hydrogen) atoms. The van der Waals surface area contributed by atoms with E-state index in [1.165, 1.54) is 0 Å². The van der Waals surface area contributed by atoms with Gasteiger partial charge >= 0.3 is 0 Å². The first-order valence-electron chi connectivity index (χ1n) is 5.60. The van der Waals surface area contributed by atoms with Crippen LogP contribution >= 0.6 is 0 Å². The SMILES string of the molecule is CC(N)CCCC(=O)N(C)Cc1ccoc1. The number of hydrogen-bond donors (Lipinski definition) is 1. The van der Waals surface area contributed by atoms with Crippen LogP contribution in [0.3, 0.4) is 0 Å². The summed E-state index contributed by atoms with van der Waals surface area (Å²) in [5.74, 6) is 0.154. The summed E-state index contributed by atoms with van der Waals surface area (Å²) in [4.78, 5) is 13.4. The van der Waals surface area contributed by atoms with Gasteiger partial charge in [-0.2, -0.15) is 0 Å². The van der Waals surface area contributed by atoms with Crippen LogP contribution in [0.4, 0.5) is 0 Å². The van der Waals surface area contributed by atoms with Gasteiger partial charge in [-0.3, -0.25) is 4.79 Å². The molecule has 1 heterocycles. The molecular weight excluding hydrogens is 204 g/mol. The Kier molecular flexibility index (Phi) is 5.05. The maximum atomic E-state index is 11.7. The Bertz CT molecular complexity index is 307. The van der Waals surface area contributed by atoms with Crippen LogP contribution in [0.25, 0.3) is 0 Å². The van der Waals surface area contributed by atoms with E-state index in [1.54, 1.807) is 24.5 Å². The lowest BCUT2D eigenvalue weighted by Crippen LogP contribution is -2.26. The van der Waals surface area contributed by atoms with E-state index in [0.29, 0.717) is 13.0 Å². The summed E-state index contributed by atoms with van der Waals surface area (Å²) in [7, 11) is 1.81. The van der Waals surface area contributed by atoms with Crippen LogP contribution < -0.4 is 5.73 Å². The second-order valence-corrected chi connectivity index (χ2v) is 4.25. The Labute approximate surface area is 96.4 Å². The molecule has 0 aliphatic rings. The number of amides is 1. The third-order valence-corrected chi connectivity index (χ3v) is 2.48. The van der Waals surface area contributed by atoms with Gasteiger partial charge in [0.05, 0.1) is 12.5 Å². The Hall–Kier alpha value is -1.29. The summed E-state index contributed by atoms with van der Waals surface area (Å²) in [6.45, 7) is 2.56. The van der Waals surface area contributed by atoms with Gasteiger partial charge in [0.15, 0.2) is 0 Å².